The summed E-state index contributed by atoms with van der Waals surface area (Å²) in [5.74, 6) is 0.175. The monoisotopic (exact) mass is 270 g/mol. The van der Waals surface area contributed by atoms with Crippen LogP contribution >= 0.6 is 0 Å². The summed E-state index contributed by atoms with van der Waals surface area (Å²) >= 11 is 0. The maximum Gasteiger partial charge on any atom is 0.311 e. The van der Waals surface area contributed by atoms with Gasteiger partial charge in [-0.1, -0.05) is 46.5 Å². The molecule has 0 heterocycles. The summed E-state index contributed by atoms with van der Waals surface area (Å²) < 4.78 is 4.91. The van der Waals surface area contributed by atoms with E-state index in [0.717, 1.165) is 25.7 Å². The number of carbonyl (C=O) groups is 1. The van der Waals surface area contributed by atoms with Crippen molar-refractivity contribution in [2.45, 2.75) is 71.3 Å². The van der Waals surface area contributed by atoms with E-state index in [1.54, 1.807) is 0 Å². The van der Waals surface area contributed by atoms with Crippen LogP contribution in [0.2, 0.25) is 0 Å². The quantitative estimate of drug-likeness (QED) is 0.614. The summed E-state index contributed by atoms with van der Waals surface area (Å²) in [4.78, 5) is 12.0. The van der Waals surface area contributed by atoms with E-state index in [9.17, 15) is 9.90 Å². The number of hydrogen-bond donors (Lipinski definition) is 1. The second kappa shape index (κ2) is 7.28. The Morgan fingerprint density at radius 1 is 1.37 bits per heavy atom. The highest BCUT2D eigenvalue weighted by Crippen LogP contribution is 2.40. The summed E-state index contributed by atoms with van der Waals surface area (Å²) in [6.07, 6.45) is 7.13. The first-order chi connectivity index (χ1) is 8.94. The van der Waals surface area contributed by atoms with Gasteiger partial charge in [-0.05, 0) is 31.1 Å². The van der Waals surface area contributed by atoms with Crippen molar-refractivity contribution in [3.8, 4) is 0 Å². The number of hydrogen-bond acceptors (Lipinski definition) is 3. The minimum Gasteiger partial charge on any atom is -0.469 e. The molecule has 3 nitrogen and oxygen atoms in total. The van der Waals surface area contributed by atoms with Gasteiger partial charge in [0.05, 0.1) is 18.6 Å². The van der Waals surface area contributed by atoms with Crippen LogP contribution < -0.4 is 0 Å². The van der Waals surface area contributed by atoms with Gasteiger partial charge in [-0.15, -0.1) is 0 Å². The first-order valence-corrected chi connectivity index (χ1v) is 7.74. The standard InChI is InChI=1S/C16H30O3/c1-5-7-13-8-6-10-16(18,11-9-13)14(12(2)3)15(17)19-4/h12-14,18H,5-11H2,1-4H3. The van der Waals surface area contributed by atoms with Crippen molar-refractivity contribution in [3.05, 3.63) is 0 Å². The molecule has 0 aromatic carbocycles. The molecule has 1 aliphatic carbocycles. The van der Waals surface area contributed by atoms with Crippen LogP contribution in [0, 0.1) is 17.8 Å². The first kappa shape index (κ1) is 16.5. The van der Waals surface area contributed by atoms with Crippen LogP contribution in [0.4, 0.5) is 0 Å². The van der Waals surface area contributed by atoms with Crippen molar-refractivity contribution >= 4 is 5.97 Å². The van der Waals surface area contributed by atoms with E-state index < -0.39 is 11.5 Å². The fraction of sp³-hybridized carbons (Fsp3) is 0.938. The van der Waals surface area contributed by atoms with E-state index in [2.05, 4.69) is 6.92 Å². The van der Waals surface area contributed by atoms with Gasteiger partial charge in [-0.25, -0.2) is 0 Å². The molecular weight excluding hydrogens is 240 g/mol. The van der Waals surface area contributed by atoms with Crippen LogP contribution in [-0.2, 0) is 9.53 Å². The van der Waals surface area contributed by atoms with Crippen LogP contribution in [0.25, 0.3) is 0 Å². The van der Waals surface area contributed by atoms with E-state index in [1.807, 2.05) is 13.8 Å². The van der Waals surface area contributed by atoms with Gasteiger partial charge in [0.15, 0.2) is 0 Å². The van der Waals surface area contributed by atoms with E-state index in [-0.39, 0.29) is 11.9 Å². The molecule has 1 N–H and O–H groups in total. The van der Waals surface area contributed by atoms with Crippen molar-refractivity contribution in [3.63, 3.8) is 0 Å². The Balaban J connectivity index is 2.80. The molecular formula is C16H30O3. The van der Waals surface area contributed by atoms with Gasteiger partial charge in [0.25, 0.3) is 0 Å². The van der Waals surface area contributed by atoms with Crippen LogP contribution in [0.1, 0.15) is 65.7 Å². The second-order valence-electron chi connectivity index (χ2n) is 6.43. The predicted molar refractivity (Wildman–Crippen MR) is 76.8 cm³/mol. The average molecular weight is 270 g/mol. The molecule has 3 unspecified atom stereocenters. The highest BCUT2D eigenvalue weighted by molar-refractivity contribution is 5.74. The van der Waals surface area contributed by atoms with Crippen molar-refractivity contribution in [2.75, 3.05) is 7.11 Å². The number of carbonyl (C=O) groups excluding carboxylic acids is 1. The lowest BCUT2D eigenvalue weighted by Gasteiger charge is -2.36. The van der Waals surface area contributed by atoms with Crippen molar-refractivity contribution in [1.29, 1.82) is 0 Å². The number of aliphatic hydroxyl groups is 1. The van der Waals surface area contributed by atoms with Gasteiger partial charge < -0.3 is 9.84 Å². The molecule has 19 heavy (non-hydrogen) atoms. The Kier molecular flexibility index (Phi) is 6.31. The maximum atomic E-state index is 12.0. The van der Waals surface area contributed by atoms with Crippen LogP contribution in [-0.4, -0.2) is 23.8 Å². The van der Waals surface area contributed by atoms with Crippen molar-refractivity contribution in [2.24, 2.45) is 17.8 Å². The Labute approximate surface area is 117 Å². The van der Waals surface area contributed by atoms with Gasteiger partial charge in [0.2, 0.25) is 0 Å². The van der Waals surface area contributed by atoms with Crippen LogP contribution in [0.15, 0.2) is 0 Å². The molecule has 1 fully saturated rings. The second-order valence-corrected chi connectivity index (χ2v) is 6.43. The van der Waals surface area contributed by atoms with Gasteiger partial charge >= 0.3 is 5.97 Å². The van der Waals surface area contributed by atoms with Gasteiger partial charge in [0, 0.05) is 0 Å². The zero-order valence-corrected chi connectivity index (χ0v) is 12.9. The third kappa shape index (κ3) is 4.20. The van der Waals surface area contributed by atoms with Crippen LogP contribution in [0.5, 0.6) is 0 Å². The lowest BCUT2D eigenvalue weighted by Crippen LogP contribution is -2.45. The average Bonchev–Trinajstić information content (AvgIpc) is 2.52. The molecule has 1 saturated carbocycles. The maximum absolute atomic E-state index is 12.0. The Morgan fingerprint density at radius 3 is 2.58 bits per heavy atom. The van der Waals surface area contributed by atoms with Gasteiger partial charge in [-0.2, -0.15) is 0 Å². The molecule has 0 radical (unpaired) electrons. The SMILES string of the molecule is CCCC1CCCC(O)(C(C(=O)OC)C(C)C)CC1. The molecule has 3 heteroatoms. The van der Waals surface area contributed by atoms with E-state index in [1.165, 1.54) is 26.4 Å². The lowest BCUT2D eigenvalue weighted by atomic mass is 9.75. The fourth-order valence-corrected chi connectivity index (χ4v) is 3.67. The third-order valence-electron chi connectivity index (χ3n) is 4.61. The molecule has 0 aliphatic heterocycles. The summed E-state index contributed by atoms with van der Waals surface area (Å²) in [7, 11) is 1.41. The first-order valence-electron chi connectivity index (χ1n) is 7.74. The number of esters is 1. The summed E-state index contributed by atoms with van der Waals surface area (Å²) in [5.41, 5.74) is -0.871. The smallest absolute Gasteiger partial charge is 0.311 e. The molecule has 0 aromatic rings. The molecule has 0 bridgehead atoms. The summed E-state index contributed by atoms with van der Waals surface area (Å²) in [5, 5.41) is 11.0. The molecule has 1 rings (SSSR count). The van der Waals surface area contributed by atoms with Crippen molar-refractivity contribution < 1.29 is 14.6 Å². The molecule has 3 atom stereocenters. The summed E-state index contributed by atoms with van der Waals surface area (Å²) in [6, 6.07) is 0. The minimum atomic E-state index is -0.871. The zero-order valence-electron chi connectivity index (χ0n) is 12.9. The van der Waals surface area contributed by atoms with Crippen molar-refractivity contribution in [1.82, 2.24) is 0 Å². The highest BCUT2D eigenvalue weighted by Gasteiger charge is 2.44. The van der Waals surface area contributed by atoms with E-state index in [4.69, 9.17) is 4.74 Å². The predicted octanol–water partition coefficient (Wildman–Crippen LogP) is 3.54. The molecule has 112 valence electrons. The van der Waals surface area contributed by atoms with Crippen LogP contribution in [0.3, 0.4) is 0 Å². The highest BCUT2D eigenvalue weighted by atomic mass is 16.5. The Hall–Kier alpha value is -0.570. The van der Waals surface area contributed by atoms with Gasteiger partial charge in [-0.3, -0.25) is 4.79 Å². The summed E-state index contributed by atoms with van der Waals surface area (Å²) in [6.45, 7) is 6.20. The molecule has 0 amide bonds. The lowest BCUT2D eigenvalue weighted by molar-refractivity contribution is -0.160. The molecule has 1 aliphatic rings. The largest absolute Gasteiger partial charge is 0.469 e. The molecule has 0 aromatic heterocycles. The fourth-order valence-electron chi connectivity index (χ4n) is 3.67. The zero-order chi connectivity index (χ0) is 14.5. The minimum absolute atomic E-state index is 0.111. The molecule has 0 spiro atoms. The van der Waals surface area contributed by atoms with Gasteiger partial charge in [0.1, 0.15) is 0 Å². The topological polar surface area (TPSA) is 46.5 Å². The molecule has 0 saturated heterocycles. The number of rotatable bonds is 5. The normalized spacial score (nSPS) is 29.9. The third-order valence-corrected chi connectivity index (χ3v) is 4.61. The Morgan fingerprint density at radius 2 is 2.05 bits per heavy atom. The van der Waals surface area contributed by atoms with E-state index >= 15 is 0 Å². The number of methoxy groups -OCH3 is 1. The number of ether oxygens (including phenoxy) is 1. The Bertz CT molecular complexity index is 288. The van der Waals surface area contributed by atoms with E-state index in [0.29, 0.717) is 5.92 Å².